The van der Waals surface area contributed by atoms with Crippen LogP contribution in [-0.2, 0) is 6.54 Å². The number of hydrogen-bond acceptors (Lipinski definition) is 4. The quantitative estimate of drug-likeness (QED) is 0.734. The number of benzene rings is 2. The predicted octanol–water partition coefficient (Wildman–Crippen LogP) is 4.28. The van der Waals surface area contributed by atoms with Crippen LogP contribution in [0.15, 0.2) is 53.1 Å². The van der Waals surface area contributed by atoms with Crippen molar-refractivity contribution in [1.29, 1.82) is 0 Å². The highest BCUT2D eigenvalue weighted by atomic mass is 16.5. The molecule has 3 rings (SSSR count). The number of hydrogen-bond donors (Lipinski definition) is 1. The van der Waals surface area contributed by atoms with Gasteiger partial charge < -0.3 is 14.5 Å². The summed E-state index contributed by atoms with van der Waals surface area (Å²) in [5, 5.41) is 13.6. The lowest BCUT2D eigenvalue weighted by Gasteiger charge is -2.17. The fraction of sp³-hybridized carbons (Fsp3) is 0.273. The predicted molar refractivity (Wildman–Crippen MR) is 104 cm³/mol. The molecule has 0 spiro atoms. The van der Waals surface area contributed by atoms with Crippen molar-refractivity contribution in [2.45, 2.75) is 33.4 Å². The van der Waals surface area contributed by atoms with E-state index < -0.39 is 6.10 Å². The van der Waals surface area contributed by atoms with E-state index >= 15 is 0 Å². The summed E-state index contributed by atoms with van der Waals surface area (Å²) in [6, 6.07) is 15.3. The minimum absolute atomic E-state index is 0.0579. The number of nitrogens with zero attached hydrogens (tertiary/aromatic N) is 2. The van der Waals surface area contributed by atoms with Gasteiger partial charge >= 0.3 is 0 Å². The molecule has 0 aliphatic heterocycles. The first-order valence-corrected chi connectivity index (χ1v) is 8.92. The van der Waals surface area contributed by atoms with E-state index in [1.165, 1.54) is 0 Å². The van der Waals surface area contributed by atoms with Crippen LogP contribution in [0.4, 0.5) is 0 Å². The van der Waals surface area contributed by atoms with E-state index in [-0.39, 0.29) is 5.91 Å². The van der Waals surface area contributed by atoms with E-state index in [0.29, 0.717) is 12.1 Å². The SMILES string of the molecule is Cc1noc(C)c1CN(C)C(=O)c1cccc(-c2ccc(C(C)O)cc2)c1. The number of aryl methyl sites for hydroxylation is 2. The fourth-order valence-corrected chi connectivity index (χ4v) is 3.04. The molecule has 0 bridgehead atoms. The van der Waals surface area contributed by atoms with Crippen molar-refractivity contribution in [3.05, 3.63) is 76.7 Å². The zero-order valence-corrected chi connectivity index (χ0v) is 16.1. The molecule has 0 radical (unpaired) electrons. The summed E-state index contributed by atoms with van der Waals surface area (Å²) < 4.78 is 5.18. The Morgan fingerprint density at radius 1 is 1.15 bits per heavy atom. The first-order valence-electron chi connectivity index (χ1n) is 8.92. The van der Waals surface area contributed by atoms with Crippen molar-refractivity contribution in [1.82, 2.24) is 10.1 Å². The van der Waals surface area contributed by atoms with Crippen molar-refractivity contribution in [3.8, 4) is 11.1 Å². The molecule has 0 aliphatic rings. The van der Waals surface area contributed by atoms with Crippen LogP contribution >= 0.6 is 0 Å². The van der Waals surface area contributed by atoms with Gasteiger partial charge in [-0.2, -0.15) is 0 Å². The minimum Gasteiger partial charge on any atom is -0.389 e. The summed E-state index contributed by atoms with van der Waals surface area (Å²) in [7, 11) is 1.78. The van der Waals surface area contributed by atoms with Gasteiger partial charge in [-0.3, -0.25) is 4.79 Å². The Morgan fingerprint density at radius 2 is 1.85 bits per heavy atom. The molecule has 1 N–H and O–H groups in total. The van der Waals surface area contributed by atoms with Gasteiger partial charge in [0.1, 0.15) is 5.76 Å². The van der Waals surface area contributed by atoms with E-state index in [4.69, 9.17) is 4.52 Å². The van der Waals surface area contributed by atoms with Gasteiger partial charge in [0.25, 0.3) is 5.91 Å². The van der Waals surface area contributed by atoms with Crippen molar-refractivity contribution >= 4 is 5.91 Å². The van der Waals surface area contributed by atoms with Gasteiger partial charge in [-0.25, -0.2) is 0 Å². The molecule has 1 heterocycles. The van der Waals surface area contributed by atoms with E-state index in [1.54, 1.807) is 18.9 Å². The van der Waals surface area contributed by atoms with Gasteiger partial charge in [0.15, 0.2) is 0 Å². The monoisotopic (exact) mass is 364 g/mol. The molecule has 0 aliphatic carbocycles. The smallest absolute Gasteiger partial charge is 0.253 e. The number of carbonyl (C=O) groups excluding carboxylic acids is 1. The van der Waals surface area contributed by atoms with E-state index in [9.17, 15) is 9.90 Å². The molecule has 140 valence electrons. The van der Waals surface area contributed by atoms with Crippen LogP contribution in [0.1, 0.15) is 46.0 Å². The minimum atomic E-state index is -0.495. The van der Waals surface area contributed by atoms with Gasteiger partial charge in [-0.15, -0.1) is 0 Å². The third-order valence-electron chi connectivity index (χ3n) is 4.76. The summed E-state index contributed by atoms with van der Waals surface area (Å²) in [6.45, 7) is 5.92. The van der Waals surface area contributed by atoms with Gasteiger partial charge in [-0.05, 0) is 49.6 Å². The fourth-order valence-electron chi connectivity index (χ4n) is 3.04. The summed E-state index contributed by atoms with van der Waals surface area (Å²) in [6.07, 6.45) is -0.495. The second kappa shape index (κ2) is 7.76. The Bertz CT molecular complexity index is 923. The van der Waals surface area contributed by atoms with Gasteiger partial charge in [0, 0.05) is 18.2 Å². The lowest BCUT2D eigenvalue weighted by molar-refractivity contribution is 0.0784. The molecular weight excluding hydrogens is 340 g/mol. The zero-order valence-electron chi connectivity index (χ0n) is 16.1. The Morgan fingerprint density at radius 3 is 2.44 bits per heavy atom. The molecule has 1 atom stereocenters. The highest BCUT2D eigenvalue weighted by Gasteiger charge is 2.17. The summed E-state index contributed by atoms with van der Waals surface area (Å²) in [5.41, 5.74) is 5.20. The first kappa shape index (κ1) is 18.9. The average Bonchev–Trinajstić information content (AvgIpc) is 2.99. The largest absolute Gasteiger partial charge is 0.389 e. The maximum absolute atomic E-state index is 12.9. The van der Waals surface area contributed by atoms with Crippen molar-refractivity contribution < 1.29 is 14.4 Å². The number of rotatable bonds is 5. The van der Waals surface area contributed by atoms with Crippen molar-refractivity contribution in [2.75, 3.05) is 7.05 Å². The van der Waals surface area contributed by atoms with Crippen LogP contribution in [0.5, 0.6) is 0 Å². The molecule has 1 aromatic heterocycles. The van der Waals surface area contributed by atoms with Crippen LogP contribution in [0.25, 0.3) is 11.1 Å². The first-order chi connectivity index (χ1) is 12.9. The lowest BCUT2D eigenvalue weighted by Crippen LogP contribution is -2.26. The number of aromatic nitrogens is 1. The molecule has 27 heavy (non-hydrogen) atoms. The van der Waals surface area contributed by atoms with Crippen LogP contribution < -0.4 is 0 Å². The normalized spacial score (nSPS) is 12.0. The van der Waals surface area contributed by atoms with Crippen LogP contribution in [0, 0.1) is 13.8 Å². The maximum Gasteiger partial charge on any atom is 0.253 e. The Kier molecular flexibility index (Phi) is 5.42. The van der Waals surface area contributed by atoms with Gasteiger partial charge in [0.2, 0.25) is 0 Å². The molecule has 3 aromatic rings. The van der Waals surface area contributed by atoms with Crippen molar-refractivity contribution in [3.63, 3.8) is 0 Å². The van der Waals surface area contributed by atoms with Crippen LogP contribution in [0.2, 0.25) is 0 Å². The summed E-state index contributed by atoms with van der Waals surface area (Å²) in [5.74, 6) is 0.677. The van der Waals surface area contributed by atoms with Crippen molar-refractivity contribution in [2.24, 2.45) is 0 Å². The van der Waals surface area contributed by atoms with E-state index in [1.807, 2.05) is 62.4 Å². The Balaban J connectivity index is 1.81. The number of aliphatic hydroxyl groups is 1. The molecule has 1 amide bonds. The summed E-state index contributed by atoms with van der Waals surface area (Å²) in [4.78, 5) is 14.5. The standard InChI is InChI=1S/C22H24N2O3/c1-14-21(16(3)27-23-14)13-24(4)22(26)20-7-5-6-19(12-20)18-10-8-17(9-11-18)15(2)25/h5-12,15,25H,13H2,1-4H3. The number of carbonyl (C=O) groups is 1. The highest BCUT2D eigenvalue weighted by molar-refractivity contribution is 5.95. The topological polar surface area (TPSA) is 66.6 Å². The molecule has 0 saturated heterocycles. The number of amides is 1. The molecular formula is C22H24N2O3. The molecule has 0 saturated carbocycles. The Hall–Kier alpha value is -2.92. The Labute approximate surface area is 159 Å². The number of aliphatic hydroxyl groups excluding tert-OH is 1. The van der Waals surface area contributed by atoms with Crippen LogP contribution in [-0.4, -0.2) is 28.1 Å². The summed E-state index contributed by atoms with van der Waals surface area (Å²) >= 11 is 0. The second-order valence-corrected chi connectivity index (χ2v) is 6.84. The van der Waals surface area contributed by atoms with E-state index in [2.05, 4.69) is 5.16 Å². The zero-order chi connectivity index (χ0) is 19.6. The second-order valence-electron chi connectivity index (χ2n) is 6.84. The molecule has 2 aromatic carbocycles. The molecule has 5 heteroatoms. The lowest BCUT2D eigenvalue weighted by atomic mass is 10.00. The molecule has 1 unspecified atom stereocenters. The third-order valence-corrected chi connectivity index (χ3v) is 4.76. The van der Waals surface area contributed by atoms with Crippen LogP contribution in [0.3, 0.4) is 0 Å². The average molecular weight is 364 g/mol. The molecule has 5 nitrogen and oxygen atoms in total. The van der Waals surface area contributed by atoms with E-state index in [0.717, 1.165) is 33.7 Å². The maximum atomic E-state index is 12.9. The molecule has 0 fully saturated rings. The highest BCUT2D eigenvalue weighted by Crippen LogP contribution is 2.24. The van der Waals surface area contributed by atoms with Gasteiger partial charge in [0.05, 0.1) is 18.3 Å². The third kappa shape index (κ3) is 4.09. The van der Waals surface area contributed by atoms with Gasteiger partial charge in [-0.1, -0.05) is 41.6 Å².